The van der Waals surface area contributed by atoms with Crippen LogP contribution in [0.5, 0.6) is 5.88 Å². The quantitative estimate of drug-likeness (QED) is 0.740. The van der Waals surface area contributed by atoms with E-state index in [9.17, 15) is 0 Å². The third-order valence-corrected chi connectivity index (χ3v) is 3.00. The number of aromatic nitrogens is 1. The van der Waals surface area contributed by atoms with E-state index in [4.69, 9.17) is 20.0 Å². The zero-order valence-corrected chi connectivity index (χ0v) is 10.0. The second-order valence-corrected chi connectivity index (χ2v) is 4.18. The number of fused-ring (bicyclic) bond motifs is 3. The highest BCUT2D eigenvalue weighted by Gasteiger charge is 2.13. The van der Waals surface area contributed by atoms with Crippen LogP contribution in [0.2, 0.25) is 0 Å². The van der Waals surface area contributed by atoms with Gasteiger partial charge in [0.05, 0.1) is 12.1 Å². The fourth-order valence-electron chi connectivity index (χ4n) is 2.21. The summed E-state index contributed by atoms with van der Waals surface area (Å²) in [6.45, 7) is 0.262. The first kappa shape index (κ1) is 11.0. The van der Waals surface area contributed by atoms with Gasteiger partial charge in [0.25, 0.3) is 0 Å². The van der Waals surface area contributed by atoms with Crippen LogP contribution < -0.4 is 10.5 Å². The lowest BCUT2D eigenvalue weighted by molar-refractivity contribution is 0.193. The van der Waals surface area contributed by atoms with Gasteiger partial charge in [-0.3, -0.25) is 0 Å². The van der Waals surface area contributed by atoms with Crippen LogP contribution in [0.25, 0.3) is 21.9 Å². The van der Waals surface area contributed by atoms with Gasteiger partial charge in [-0.1, -0.05) is 12.1 Å². The number of benzene rings is 1. The average Bonchev–Trinajstić information content (AvgIpc) is 2.86. The van der Waals surface area contributed by atoms with E-state index in [1.165, 1.54) is 0 Å². The number of nitrogen functional groups attached to an aromatic ring is 1. The van der Waals surface area contributed by atoms with E-state index >= 15 is 0 Å². The molecule has 94 valence electrons. The van der Waals surface area contributed by atoms with Gasteiger partial charge in [0, 0.05) is 30.0 Å². The Morgan fingerprint density at radius 3 is 2.89 bits per heavy atom. The predicted octanol–water partition coefficient (Wildman–Crippen LogP) is 1.88. The van der Waals surface area contributed by atoms with Gasteiger partial charge in [0.15, 0.2) is 17.3 Å². The van der Waals surface area contributed by atoms with Crippen LogP contribution in [-0.2, 0) is 7.05 Å². The normalized spacial score (nSPS) is 11.4. The molecule has 0 fully saturated rings. The molecule has 5 heteroatoms. The number of furan rings is 1. The minimum atomic E-state index is -0.00929. The number of hydrogen-bond acceptors (Lipinski definition) is 4. The lowest BCUT2D eigenvalue weighted by Gasteiger charge is -2.05. The Morgan fingerprint density at radius 2 is 2.11 bits per heavy atom. The Bertz CT molecular complexity index is 712. The summed E-state index contributed by atoms with van der Waals surface area (Å²) in [4.78, 5) is 0. The third-order valence-electron chi connectivity index (χ3n) is 3.00. The first-order valence-corrected chi connectivity index (χ1v) is 5.72. The van der Waals surface area contributed by atoms with Crippen LogP contribution in [0.15, 0.2) is 28.7 Å². The summed E-state index contributed by atoms with van der Waals surface area (Å²) < 4.78 is 12.9. The van der Waals surface area contributed by atoms with Gasteiger partial charge >= 0.3 is 0 Å². The van der Waals surface area contributed by atoms with E-state index in [0.717, 1.165) is 21.9 Å². The molecule has 1 aromatic carbocycles. The number of hydrogen-bond donors (Lipinski definition) is 2. The van der Waals surface area contributed by atoms with Crippen LogP contribution in [0, 0.1) is 0 Å². The molecule has 0 aliphatic carbocycles. The number of nitrogens with zero attached hydrogens (tertiary/aromatic N) is 1. The molecule has 0 saturated carbocycles. The molecule has 0 unspecified atom stereocenters. The maximum atomic E-state index is 8.80. The largest absolute Gasteiger partial charge is 0.476 e. The van der Waals surface area contributed by atoms with E-state index in [-0.39, 0.29) is 13.2 Å². The van der Waals surface area contributed by atoms with Crippen molar-refractivity contribution in [3.05, 3.63) is 24.3 Å². The molecular weight excluding hydrogens is 232 g/mol. The van der Waals surface area contributed by atoms with E-state index in [2.05, 4.69) is 0 Å². The Labute approximate surface area is 103 Å². The molecule has 0 spiro atoms. The Balaban J connectivity index is 2.25. The maximum absolute atomic E-state index is 8.80. The predicted molar refractivity (Wildman–Crippen MR) is 69.7 cm³/mol. The molecule has 3 aromatic rings. The van der Waals surface area contributed by atoms with Gasteiger partial charge < -0.3 is 24.6 Å². The second kappa shape index (κ2) is 3.96. The molecule has 0 atom stereocenters. The number of ether oxygens (including phenoxy) is 1. The highest BCUT2D eigenvalue weighted by atomic mass is 16.5. The number of aryl methyl sites for hydroxylation is 1. The van der Waals surface area contributed by atoms with Gasteiger partial charge in [-0.05, 0) is 0 Å². The van der Waals surface area contributed by atoms with Crippen LogP contribution in [0.3, 0.4) is 0 Å². The number of aliphatic hydroxyl groups is 1. The highest BCUT2D eigenvalue weighted by molar-refractivity contribution is 6.04. The van der Waals surface area contributed by atoms with Crippen molar-refractivity contribution in [1.29, 1.82) is 0 Å². The van der Waals surface area contributed by atoms with E-state index in [0.29, 0.717) is 11.8 Å². The van der Waals surface area contributed by atoms with Crippen molar-refractivity contribution in [2.24, 2.45) is 7.05 Å². The Morgan fingerprint density at radius 1 is 1.33 bits per heavy atom. The molecule has 0 amide bonds. The Kier molecular flexibility index (Phi) is 2.41. The molecule has 2 heterocycles. The van der Waals surface area contributed by atoms with Crippen LogP contribution in [0.4, 0.5) is 5.88 Å². The van der Waals surface area contributed by atoms with Gasteiger partial charge in [-0.25, -0.2) is 0 Å². The fourth-order valence-corrected chi connectivity index (χ4v) is 2.21. The molecule has 0 saturated heterocycles. The van der Waals surface area contributed by atoms with E-state index < -0.39 is 0 Å². The number of anilines is 1. The summed E-state index contributed by atoms with van der Waals surface area (Å²) >= 11 is 0. The second-order valence-electron chi connectivity index (χ2n) is 4.18. The zero-order valence-electron chi connectivity index (χ0n) is 10.0. The average molecular weight is 246 g/mol. The van der Waals surface area contributed by atoms with Gasteiger partial charge in [0.1, 0.15) is 6.61 Å². The van der Waals surface area contributed by atoms with Crippen molar-refractivity contribution in [3.8, 4) is 5.88 Å². The summed E-state index contributed by atoms with van der Waals surface area (Å²) in [5.74, 6) is 1.10. The van der Waals surface area contributed by atoms with E-state index in [1.54, 1.807) is 6.07 Å². The van der Waals surface area contributed by atoms with Crippen molar-refractivity contribution in [1.82, 2.24) is 4.57 Å². The van der Waals surface area contributed by atoms with Crippen LogP contribution in [-0.4, -0.2) is 22.9 Å². The van der Waals surface area contributed by atoms with Crippen LogP contribution >= 0.6 is 0 Å². The monoisotopic (exact) mass is 246 g/mol. The zero-order chi connectivity index (χ0) is 12.7. The summed E-state index contributed by atoms with van der Waals surface area (Å²) in [6.07, 6.45) is 0. The van der Waals surface area contributed by atoms with Crippen LogP contribution in [0.1, 0.15) is 0 Å². The van der Waals surface area contributed by atoms with Crippen molar-refractivity contribution in [2.45, 2.75) is 0 Å². The van der Waals surface area contributed by atoms with Crippen molar-refractivity contribution in [3.63, 3.8) is 0 Å². The third kappa shape index (κ3) is 1.52. The maximum Gasteiger partial charge on any atom is 0.194 e. The summed E-state index contributed by atoms with van der Waals surface area (Å²) in [5.41, 5.74) is 7.38. The lowest BCUT2D eigenvalue weighted by Crippen LogP contribution is -2.04. The van der Waals surface area contributed by atoms with Gasteiger partial charge in [-0.15, -0.1) is 0 Å². The standard InChI is InChI=1S/C13H14N2O3/c1-15-11(17-5-4-16)7-8-2-3-9-6-10(14)18-13(9)12(8)15/h2-3,6-7,16H,4-5,14H2,1H3. The lowest BCUT2D eigenvalue weighted by atomic mass is 10.2. The fraction of sp³-hybridized carbons (Fsp3) is 0.231. The molecule has 0 aliphatic heterocycles. The molecule has 3 N–H and O–H groups in total. The summed E-state index contributed by atoms with van der Waals surface area (Å²) in [7, 11) is 1.90. The molecule has 2 aromatic heterocycles. The first-order valence-electron chi connectivity index (χ1n) is 5.72. The molecule has 18 heavy (non-hydrogen) atoms. The Hall–Kier alpha value is -2.14. The summed E-state index contributed by atoms with van der Waals surface area (Å²) in [5, 5.41) is 10.8. The number of rotatable bonds is 3. The number of nitrogens with two attached hydrogens (primary N) is 1. The highest BCUT2D eigenvalue weighted by Crippen LogP contribution is 2.33. The van der Waals surface area contributed by atoms with E-state index in [1.807, 2.05) is 29.8 Å². The van der Waals surface area contributed by atoms with Crippen molar-refractivity contribution >= 4 is 27.8 Å². The molecule has 0 aliphatic rings. The topological polar surface area (TPSA) is 73.5 Å². The van der Waals surface area contributed by atoms with Gasteiger partial charge in [-0.2, -0.15) is 0 Å². The minimum absolute atomic E-state index is 0.00929. The van der Waals surface area contributed by atoms with Crippen molar-refractivity contribution in [2.75, 3.05) is 18.9 Å². The molecule has 3 rings (SSSR count). The van der Waals surface area contributed by atoms with Gasteiger partial charge in [0.2, 0.25) is 0 Å². The first-order chi connectivity index (χ1) is 8.70. The minimum Gasteiger partial charge on any atom is -0.476 e. The SMILES string of the molecule is Cn1c(OCCO)cc2ccc3cc(N)oc3c21. The van der Waals surface area contributed by atoms with Crippen molar-refractivity contribution < 1.29 is 14.3 Å². The number of aliphatic hydroxyl groups excluding tert-OH is 1. The smallest absolute Gasteiger partial charge is 0.194 e. The molecule has 0 bridgehead atoms. The molecule has 5 nitrogen and oxygen atoms in total. The molecule has 0 radical (unpaired) electrons. The summed E-state index contributed by atoms with van der Waals surface area (Å²) in [6, 6.07) is 7.69. The molecular formula is C13H14N2O3.